The lowest BCUT2D eigenvalue weighted by atomic mass is 9.98. The van der Waals surface area contributed by atoms with Gasteiger partial charge >= 0.3 is 0 Å². The van der Waals surface area contributed by atoms with Crippen LogP contribution in [0.3, 0.4) is 0 Å². The van der Waals surface area contributed by atoms with Crippen LogP contribution in [0.4, 0.5) is 0 Å². The lowest BCUT2D eigenvalue weighted by molar-refractivity contribution is -0.303. The highest BCUT2D eigenvalue weighted by Gasteiger charge is 2.44. The number of ether oxygens (including phenoxy) is 2. The molecule has 1 heterocycles. The van der Waals surface area contributed by atoms with Gasteiger partial charge in [0.05, 0.1) is 25.4 Å². The summed E-state index contributed by atoms with van der Waals surface area (Å²) in [6, 6.07) is 9.03. The maximum Gasteiger partial charge on any atom is 0.220 e. The molecule has 7 N–H and O–H groups in total. The topological polar surface area (TPSA) is 169 Å². The normalized spacial score (nSPS) is 21.5. The number of aliphatic hydroxyl groups is 6. The van der Waals surface area contributed by atoms with Crippen LogP contribution in [0.2, 0.25) is 0 Å². The lowest BCUT2D eigenvalue weighted by Crippen LogP contribution is -2.60. The molecule has 1 aliphatic heterocycles. The van der Waals surface area contributed by atoms with E-state index < -0.39 is 55.6 Å². The fourth-order valence-corrected chi connectivity index (χ4v) is 7.75. The second kappa shape index (κ2) is 33.2. The van der Waals surface area contributed by atoms with Crippen LogP contribution < -0.4 is 5.32 Å². The molecule has 1 aromatic rings. The Kier molecular flexibility index (Phi) is 30.0. The summed E-state index contributed by atoms with van der Waals surface area (Å²) in [6.07, 6.45) is 23.1. The summed E-state index contributed by atoms with van der Waals surface area (Å²) in [7, 11) is 0. The molecule has 1 amide bonds. The van der Waals surface area contributed by atoms with Crippen molar-refractivity contribution in [2.75, 3.05) is 13.2 Å². The summed E-state index contributed by atoms with van der Waals surface area (Å²) in [5.74, 6) is -0.272. The first kappa shape index (κ1) is 50.5. The highest BCUT2D eigenvalue weighted by atomic mass is 16.7. The van der Waals surface area contributed by atoms with Crippen LogP contribution in [0, 0.1) is 0 Å². The number of benzene rings is 1. The molecule has 8 atom stereocenters. The van der Waals surface area contributed by atoms with E-state index in [1.54, 1.807) is 0 Å². The van der Waals surface area contributed by atoms with Crippen molar-refractivity contribution in [1.29, 1.82) is 0 Å². The molecule has 2 rings (SSSR count). The standard InChI is InChI=1S/C46H83NO9/c1-2-3-4-5-6-7-8-9-10-11-12-13-14-15-16-17-18-19-20-21-22-23-27-34-41(50)47-38(36-55-46-45(54)44(53)43(52)40(35-48)56-46)42(51)39(49)33-29-28-32-37-30-25-24-26-31-37/h24-26,30-31,38-40,42-46,48-49,51-54H,2-23,27-29,32-36H2,1H3,(H,47,50)/t38-,39+,40?,42-,43?,44?,45-,46?/m0/s1. The van der Waals surface area contributed by atoms with E-state index >= 15 is 0 Å². The maximum atomic E-state index is 13.0. The van der Waals surface area contributed by atoms with Crippen molar-refractivity contribution >= 4 is 5.91 Å². The number of amides is 1. The summed E-state index contributed by atoms with van der Waals surface area (Å²) < 4.78 is 11.1. The van der Waals surface area contributed by atoms with Crippen LogP contribution in [-0.4, -0.2) is 98.7 Å². The van der Waals surface area contributed by atoms with E-state index in [1.807, 2.05) is 18.2 Å². The fraction of sp³-hybridized carbons (Fsp3) is 0.848. The molecule has 10 nitrogen and oxygen atoms in total. The van der Waals surface area contributed by atoms with Gasteiger partial charge in [-0.2, -0.15) is 0 Å². The average molecular weight is 794 g/mol. The maximum absolute atomic E-state index is 13.0. The smallest absolute Gasteiger partial charge is 0.220 e. The zero-order valence-electron chi connectivity index (χ0n) is 35.1. The Balaban J connectivity index is 1.57. The van der Waals surface area contributed by atoms with Gasteiger partial charge < -0.3 is 45.4 Å². The fourth-order valence-electron chi connectivity index (χ4n) is 7.75. The van der Waals surface area contributed by atoms with Crippen molar-refractivity contribution in [3.05, 3.63) is 35.9 Å². The minimum absolute atomic E-state index is 0.272. The first-order chi connectivity index (χ1) is 27.3. The van der Waals surface area contributed by atoms with Gasteiger partial charge in [-0.05, 0) is 31.2 Å². The summed E-state index contributed by atoms with van der Waals surface area (Å²) in [5, 5.41) is 65.0. The highest BCUT2D eigenvalue weighted by molar-refractivity contribution is 5.76. The molecule has 1 aromatic carbocycles. The molecule has 10 heteroatoms. The number of aryl methyl sites for hydroxylation is 1. The molecular formula is C46H83NO9. The van der Waals surface area contributed by atoms with Crippen LogP contribution >= 0.6 is 0 Å². The van der Waals surface area contributed by atoms with E-state index in [4.69, 9.17) is 9.47 Å². The molecule has 4 unspecified atom stereocenters. The van der Waals surface area contributed by atoms with E-state index in [0.29, 0.717) is 19.3 Å². The molecule has 0 bridgehead atoms. The van der Waals surface area contributed by atoms with Gasteiger partial charge in [-0.1, -0.05) is 185 Å². The Morgan fingerprint density at radius 1 is 0.661 bits per heavy atom. The predicted octanol–water partition coefficient (Wildman–Crippen LogP) is 7.80. The van der Waals surface area contributed by atoms with Crippen LogP contribution in [0.1, 0.15) is 186 Å². The van der Waals surface area contributed by atoms with Gasteiger partial charge in [-0.3, -0.25) is 4.79 Å². The van der Waals surface area contributed by atoms with Gasteiger partial charge in [0.2, 0.25) is 5.91 Å². The van der Waals surface area contributed by atoms with E-state index in [-0.39, 0.29) is 18.9 Å². The van der Waals surface area contributed by atoms with E-state index in [9.17, 15) is 35.4 Å². The predicted molar refractivity (Wildman–Crippen MR) is 224 cm³/mol. The molecule has 0 spiro atoms. The van der Waals surface area contributed by atoms with Gasteiger partial charge in [0.1, 0.15) is 30.5 Å². The van der Waals surface area contributed by atoms with Gasteiger partial charge in [0.25, 0.3) is 0 Å². The first-order valence-electron chi connectivity index (χ1n) is 22.9. The minimum atomic E-state index is -1.61. The van der Waals surface area contributed by atoms with Crippen molar-refractivity contribution in [3.8, 4) is 0 Å². The molecule has 0 aliphatic carbocycles. The number of carbonyl (C=O) groups excluding carboxylic acids is 1. The zero-order valence-corrected chi connectivity index (χ0v) is 35.1. The van der Waals surface area contributed by atoms with Gasteiger partial charge in [0.15, 0.2) is 6.29 Å². The summed E-state index contributed by atoms with van der Waals surface area (Å²) in [5.41, 5.74) is 1.20. The Hall–Kier alpha value is -1.63. The lowest BCUT2D eigenvalue weighted by Gasteiger charge is -2.40. The molecule has 1 saturated heterocycles. The van der Waals surface area contributed by atoms with Crippen molar-refractivity contribution in [2.45, 2.75) is 236 Å². The van der Waals surface area contributed by atoms with Gasteiger partial charge in [0, 0.05) is 6.42 Å². The largest absolute Gasteiger partial charge is 0.394 e. The monoisotopic (exact) mass is 794 g/mol. The SMILES string of the molecule is CCCCCCCCCCCCCCCCCCCCCCCCCC(=O)N[C@@H](COC1OC(CO)C(O)C(O)[C@@H]1O)[C@H](O)[C@H](O)CCCCc1ccccc1. The molecule has 1 fully saturated rings. The third-order valence-corrected chi connectivity index (χ3v) is 11.5. The number of carbonyl (C=O) groups is 1. The van der Waals surface area contributed by atoms with Crippen molar-refractivity contribution in [1.82, 2.24) is 5.32 Å². The Morgan fingerprint density at radius 2 is 1.14 bits per heavy atom. The summed E-state index contributed by atoms with van der Waals surface area (Å²) in [4.78, 5) is 13.0. The summed E-state index contributed by atoms with van der Waals surface area (Å²) in [6.45, 7) is 1.35. The van der Waals surface area contributed by atoms with Crippen LogP contribution in [0.15, 0.2) is 30.3 Å². The van der Waals surface area contributed by atoms with Gasteiger partial charge in [-0.25, -0.2) is 0 Å². The third-order valence-electron chi connectivity index (χ3n) is 11.5. The molecule has 0 aromatic heterocycles. The molecule has 326 valence electrons. The van der Waals surface area contributed by atoms with Crippen molar-refractivity contribution in [3.63, 3.8) is 0 Å². The van der Waals surface area contributed by atoms with Crippen LogP contribution in [0.25, 0.3) is 0 Å². The van der Waals surface area contributed by atoms with E-state index in [2.05, 4.69) is 24.4 Å². The highest BCUT2D eigenvalue weighted by Crippen LogP contribution is 2.23. The summed E-state index contributed by atoms with van der Waals surface area (Å²) >= 11 is 0. The number of nitrogens with one attached hydrogen (secondary N) is 1. The second-order valence-corrected chi connectivity index (χ2v) is 16.5. The number of unbranched alkanes of at least 4 members (excludes halogenated alkanes) is 23. The second-order valence-electron chi connectivity index (χ2n) is 16.5. The minimum Gasteiger partial charge on any atom is -0.394 e. The third kappa shape index (κ3) is 23.1. The van der Waals surface area contributed by atoms with E-state index in [0.717, 1.165) is 32.1 Å². The Labute approximate surface area is 340 Å². The van der Waals surface area contributed by atoms with Crippen molar-refractivity contribution in [2.24, 2.45) is 0 Å². The molecule has 1 aliphatic rings. The van der Waals surface area contributed by atoms with Crippen LogP contribution in [0.5, 0.6) is 0 Å². The van der Waals surface area contributed by atoms with Gasteiger partial charge in [-0.15, -0.1) is 0 Å². The Bertz CT molecular complexity index is 1050. The van der Waals surface area contributed by atoms with Crippen molar-refractivity contribution < 1.29 is 44.9 Å². The molecular weight excluding hydrogens is 711 g/mol. The molecule has 0 radical (unpaired) electrons. The average Bonchev–Trinajstić information content (AvgIpc) is 3.21. The first-order valence-corrected chi connectivity index (χ1v) is 22.9. The van der Waals surface area contributed by atoms with Crippen LogP contribution in [-0.2, 0) is 20.7 Å². The zero-order chi connectivity index (χ0) is 40.6. The number of rotatable bonds is 36. The number of hydrogen-bond donors (Lipinski definition) is 7. The molecule has 56 heavy (non-hydrogen) atoms. The number of aliphatic hydroxyl groups excluding tert-OH is 6. The molecule has 0 saturated carbocycles. The van der Waals surface area contributed by atoms with E-state index in [1.165, 1.54) is 128 Å². The number of hydrogen-bond acceptors (Lipinski definition) is 9. The quantitative estimate of drug-likeness (QED) is 0.0335. The Morgan fingerprint density at radius 3 is 1.62 bits per heavy atom.